The van der Waals surface area contributed by atoms with Gasteiger partial charge in [0.1, 0.15) is 5.75 Å². The molecule has 0 aromatic heterocycles. The summed E-state index contributed by atoms with van der Waals surface area (Å²) >= 11 is 4.37. The van der Waals surface area contributed by atoms with Crippen molar-refractivity contribution in [3.05, 3.63) is 24.3 Å². The van der Waals surface area contributed by atoms with Crippen molar-refractivity contribution in [1.82, 2.24) is 0 Å². The van der Waals surface area contributed by atoms with Crippen LogP contribution in [0, 0.1) is 0 Å². The van der Waals surface area contributed by atoms with Crippen molar-refractivity contribution < 1.29 is 13.5 Å². The van der Waals surface area contributed by atoms with Crippen LogP contribution in [0.2, 0.25) is 0 Å². The molecule has 67 valence electrons. The van der Waals surface area contributed by atoms with Crippen molar-refractivity contribution in [2.24, 2.45) is 0 Å². The SMILES string of the molecule is COc1ccc(S(=O)(O)=S)cc1.[K]. The van der Waals surface area contributed by atoms with Crippen LogP contribution in [0.4, 0.5) is 0 Å². The number of hydrogen-bond acceptors (Lipinski definition) is 3. The normalized spacial score (nSPS) is 14.0. The molecule has 1 atom stereocenters. The van der Waals surface area contributed by atoms with E-state index in [2.05, 4.69) is 11.2 Å². The molecule has 3 nitrogen and oxygen atoms in total. The minimum Gasteiger partial charge on any atom is -0.497 e. The third kappa shape index (κ3) is 4.35. The number of ether oxygens (including phenoxy) is 1. The van der Waals surface area contributed by atoms with E-state index >= 15 is 0 Å². The fourth-order valence-corrected chi connectivity index (χ4v) is 1.56. The molecule has 0 fully saturated rings. The van der Waals surface area contributed by atoms with Gasteiger partial charge in [-0.05, 0) is 24.3 Å². The van der Waals surface area contributed by atoms with Gasteiger partial charge in [-0.15, -0.1) is 0 Å². The van der Waals surface area contributed by atoms with Crippen LogP contribution in [-0.2, 0) is 20.0 Å². The zero-order valence-electron chi connectivity index (χ0n) is 7.39. The fourth-order valence-electron chi connectivity index (χ4n) is 0.748. The van der Waals surface area contributed by atoms with E-state index in [1.54, 1.807) is 12.1 Å². The van der Waals surface area contributed by atoms with Crippen molar-refractivity contribution >= 4 is 71.3 Å². The molecule has 0 amide bonds. The van der Waals surface area contributed by atoms with E-state index in [0.717, 1.165) is 0 Å². The summed E-state index contributed by atoms with van der Waals surface area (Å²) in [5.41, 5.74) is 0. The molecular weight excluding hydrogens is 235 g/mol. The van der Waals surface area contributed by atoms with Gasteiger partial charge in [-0.25, -0.2) is 4.21 Å². The van der Waals surface area contributed by atoms with Crippen molar-refractivity contribution in [3.63, 3.8) is 0 Å². The van der Waals surface area contributed by atoms with E-state index in [1.807, 2.05) is 0 Å². The van der Waals surface area contributed by atoms with E-state index < -0.39 is 8.77 Å². The molecule has 0 aliphatic carbocycles. The molecular formula is C7H8KO3S2. The minimum atomic E-state index is -3.25. The molecule has 0 bridgehead atoms. The van der Waals surface area contributed by atoms with E-state index in [-0.39, 0.29) is 56.3 Å². The quantitative estimate of drug-likeness (QED) is 0.784. The Bertz CT molecular complexity index is 358. The summed E-state index contributed by atoms with van der Waals surface area (Å²) in [6.07, 6.45) is 0. The van der Waals surface area contributed by atoms with Crippen LogP contribution in [0.25, 0.3) is 0 Å². The molecule has 1 rings (SSSR count). The summed E-state index contributed by atoms with van der Waals surface area (Å²) in [6.45, 7) is 0. The summed E-state index contributed by atoms with van der Waals surface area (Å²) in [5, 5.41) is 0. The second kappa shape index (κ2) is 5.77. The maximum atomic E-state index is 10.9. The third-order valence-electron chi connectivity index (χ3n) is 1.36. The average Bonchev–Trinajstić information content (AvgIpc) is 2.03. The molecule has 0 saturated carbocycles. The van der Waals surface area contributed by atoms with Crippen molar-refractivity contribution in [1.29, 1.82) is 0 Å². The molecule has 1 aromatic carbocycles. The summed E-state index contributed by atoms with van der Waals surface area (Å²) in [5.74, 6) is 0.636. The molecule has 0 aliphatic rings. The van der Waals surface area contributed by atoms with Crippen molar-refractivity contribution in [2.45, 2.75) is 4.90 Å². The van der Waals surface area contributed by atoms with Crippen LogP contribution in [0.15, 0.2) is 29.2 Å². The molecule has 1 radical (unpaired) electrons. The van der Waals surface area contributed by atoms with Gasteiger partial charge in [0.2, 0.25) is 0 Å². The van der Waals surface area contributed by atoms with Gasteiger partial charge in [0.05, 0.1) is 12.0 Å². The van der Waals surface area contributed by atoms with Gasteiger partial charge >= 0.3 is 0 Å². The van der Waals surface area contributed by atoms with Gasteiger partial charge in [-0.1, -0.05) is 0 Å². The van der Waals surface area contributed by atoms with E-state index in [4.69, 9.17) is 9.29 Å². The smallest absolute Gasteiger partial charge is 0.171 e. The zero-order chi connectivity index (χ0) is 9.19. The van der Waals surface area contributed by atoms with Crippen molar-refractivity contribution in [2.75, 3.05) is 7.11 Å². The molecule has 0 heterocycles. The molecule has 0 aliphatic heterocycles. The molecule has 1 aromatic rings. The number of methoxy groups -OCH3 is 1. The molecule has 6 heteroatoms. The standard InChI is InChI=1S/C7H8O3S2.K/c1-10-6-2-4-7(5-3-6)12(8,9)11;/h2-5H,1H3,(H,8,9,11);. The molecule has 1 unspecified atom stereocenters. The topological polar surface area (TPSA) is 46.5 Å². The first kappa shape index (κ1) is 14.0. The summed E-state index contributed by atoms with van der Waals surface area (Å²) < 4.78 is 24.7. The monoisotopic (exact) mass is 243 g/mol. The van der Waals surface area contributed by atoms with Crippen LogP contribution in [0.3, 0.4) is 0 Å². The Balaban J connectivity index is 0.00000144. The third-order valence-corrected chi connectivity index (χ3v) is 2.80. The molecule has 13 heavy (non-hydrogen) atoms. The first-order valence-corrected chi connectivity index (χ1v) is 5.59. The first-order chi connectivity index (χ1) is 5.54. The van der Waals surface area contributed by atoms with Crippen LogP contribution < -0.4 is 4.74 Å². The van der Waals surface area contributed by atoms with Gasteiger partial charge in [0.25, 0.3) is 0 Å². The Morgan fingerprint density at radius 3 is 2.15 bits per heavy atom. The van der Waals surface area contributed by atoms with Gasteiger partial charge in [0.15, 0.2) is 8.77 Å². The second-order valence-corrected chi connectivity index (χ2v) is 4.93. The van der Waals surface area contributed by atoms with Gasteiger partial charge in [0, 0.05) is 62.6 Å². The van der Waals surface area contributed by atoms with Gasteiger partial charge in [-0.3, -0.25) is 0 Å². The summed E-state index contributed by atoms with van der Waals surface area (Å²) in [6, 6.07) is 6.15. The second-order valence-electron chi connectivity index (χ2n) is 2.15. The Hall–Kier alpha value is 0.986. The van der Waals surface area contributed by atoms with E-state index in [9.17, 15) is 4.21 Å². The van der Waals surface area contributed by atoms with E-state index in [1.165, 1.54) is 19.2 Å². The van der Waals surface area contributed by atoms with Gasteiger partial charge in [-0.2, -0.15) is 0 Å². The average molecular weight is 243 g/mol. The van der Waals surface area contributed by atoms with E-state index in [0.29, 0.717) is 5.75 Å². The largest absolute Gasteiger partial charge is 0.497 e. The fraction of sp³-hybridized carbons (Fsp3) is 0.143. The van der Waals surface area contributed by atoms with Crippen LogP contribution in [0.5, 0.6) is 5.75 Å². The molecule has 1 N–H and O–H groups in total. The minimum absolute atomic E-state index is 0. The Kier molecular flexibility index (Phi) is 6.20. The Morgan fingerprint density at radius 1 is 1.38 bits per heavy atom. The molecule has 0 spiro atoms. The van der Waals surface area contributed by atoms with Crippen molar-refractivity contribution in [3.8, 4) is 5.75 Å². The summed E-state index contributed by atoms with van der Waals surface area (Å²) in [4.78, 5) is 0.235. The number of hydrogen-bond donors (Lipinski definition) is 1. The number of rotatable bonds is 2. The summed E-state index contributed by atoms with van der Waals surface area (Å²) in [7, 11) is -1.72. The van der Waals surface area contributed by atoms with Gasteiger partial charge < -0.3 is 9.29 Å². The Morgan fingerprint density at radius 2 is 1.85 bits per heavy atom. The zero-order valence-corrected chi connectivity index (χ0v) is 12.1. The predicted octanol–water partition coefficient (Wildman–Crippen LogP) is 0.893. The van der Waals surface area contributed by atoms with Crippen LogP contribution in [0.1, 0.15) is 0 Å². The number of benzene rings is 1. The maximum Gasteiger partial charge on any atom is 0.171 e. The Labute approximate surface area is 125 Å². The van der Waals surface area contributed by atoms with Crippen LogP contribution in [-0.4, -0.2) is 67.3 Å². The maximum absolute atomic E-state index is 10.9. The van der Waals surface area contributed by atoms with Crippen LogP contribution >= 0.6 is 0 Å². The molecule has 0 saturated heterocycles. The predicted molar refractivity (Wildman–Crippen MR) is 55.2 cm³/mol. The first-order valence-electron chi connectivity index (χ1n) is 3.15.